The third kappa shape index (κ3) is 20.1. The van der Waals surface area contributed by atoms with E-state index in [0.717, 1.165) is 114 Å². The normalized spacial score (nSPS) is 13.6. The quantitative estimate of drug-likeness (QED) is 0.0144. The number of methoxy groups -OCH3 is 1. The number of fused-ring (bicyclic) bond motifs is 3. The summed E-state index contributed by atoms with van der Waals surface area (Å²) in [6.45, 7) is 17.6. The molecule has 0 fully saturated rings. The number of benzene rings is 6. The number of rotatable bonds is 29. The largest absolute Gasteiger partial charge is 0.478 e. The van der Waals surface area contributed by atoms with E-state index < -0.39 is 22.1 Å². The first-order valence-electron chi connectivity index (χ1n) is 35.8. The van der Waals surface area contributed by atoms with Gasteiger partial charge in [0.25, 0.3) is 27.8 Å². The first kappa shape index (κ1) is 78.6. The summed E-state index contributed by atoms with van der Waals surface area (Å²) in [5.41, 5.74) is 13.9. The van der Waals surface area contributed by atoms with Crippen LogP contribution in [-0.4, -0.2) is 142 Å². The number of esters is 1. The van der Waals surface area contributed by atoms with Crippen LogP contribution in [0.4, 0.5) is 21.8 Å². The van der Waals surface area contributed by atoms with E-state index in [2.05, 4.69) is 82.3 Å². The number of nitrogens with one attached hydrogen (secondary N) is 3. The smallest absolute Gasteiger partial charge is 0.337 e. The fourth-order valence-corrected chi connectivity index (χ4v) is 13.8. The van der Waals surface area contributed by atoms with Crippen LogP contribution >= 0.6 is 0 Å². The number of aryl methyl sites for hydroxylation is 6. The van der Waals surface area contributed by atoms with E-state index in [1.165, 1.54) is 36.9 Å². The Morgan fingerprint density at radius 3 is 1.05 bits per heavy atom. The predicted octanol–water partition coefficient (Wildman–Crippen LogP) is 11.0. The SMILES string of the molecule is COC(=O)c1ccc([C@H](C)NC(=O)c2c(C)nn3c2N(Cc2ccc(CCCO)cc2)CC3)cc1.Cc1nn2c(c1C(=O)N[C@@H](C)c1ccc(C(=O)O)cc1)N(Cc1ccc(CCCF)cc1)CC2.Cc1nn2c(c1C(=O)N[C@@H](C)c1ccc(C(=O)O)cc1)N(Cc1ccc(CCCOS(C)(=O)=O)cc1)CC2. The number of nitrogens with zero attached hydrogens (tertiary/aromatic N) is 9. The average Bonchev–Trinajstić information content (AvgIpc) is 1.63. The second-order valence-corrected chi connectivity index (χ2v) is 28.7. The third-order valence-corrected chi connectivity index (χ3v) is 19.7. The number of aromatic carboxylic acids is 2. The molecule has 0 saturated heterocycles. The monoisotopic (exact) mass is 1480 g/mol. The maximum Gasteiger partial charge on any atom is 0.337 e. The van der Waals surface area contributed by atoms with Crippen LogP contribution in [0.15, 0.2) is 146 Å². The molecule has 25 nitrogen and oxygen atoms in total. The van der Waals surface area contributed by atoms with Gasteiger partial charge in [0.15, 0.2) is 0 Å². The Hall–Kier alpha value is -11.0. The molecule has 3 amide bonds. The van der Waals surface area contributed by atoms with E-state index in [-0.39, 0.29) is 72.8 Å². The summed E-state index contributed by atoms with van der Waals surface area (Å²) >= 11 is 0. The molecule has 3 aromatic heterocycles. The Bertz CT molecular complexity index is 4720. The fraction of sp³-hybridized carbons (Fsp3) is 0.362. The van der Waals surface area contributed by atoms with Gasteiger partial charge in [0.1, 0.15) is 34.1 Å². The number of aromatic nitrogens is 6. The van der Waals surface area contributed by atoms with Crippen LogP contribution in [0.5, 0.6) is 0 Å². The van der Waals surface area contributed by atoms with E-state index in [1.807, 2.05) is 104 Å². The van der Waals surface area contributed by atoms with Crippen LogP contribution in [-0.2, 0) is 77.6 Å². The molecule has 3 aliphatic heterocycles. The zero-order valence-electron chi connectivity index (χ0n) is 61.6. The minimum atomic E-state index is -3.42. The standard InChI is InChI=1S/C27H32N4O6S.C27H32N4O4.C26H29FN4O3/c1-18(22-10-12-23(13-11-22)27(33)34)28-25(32)24-19(2)29-31-15-14-30(26(24)31)17-21-8-6-20(7-9-21)5-4-16-37-38(3,35)36;1-18(22-10-12-23(13-11-22)27(34)35-3)28-25(33)24-19(2)29-31-15-14-30(26(24)31)17-21-8-6-20(7-9-21)5-4-16-32;1-17(21-9-11-22(12-10-21)26(33)34)28-24(32)23-18(2)29-31-15-14-30(25(23)31)16-20-7-5-19(6-8-20)4-3-13-27/h6-13,18H,4-5,14-17H2,1-3H3,(H,28,32)(H,33,34);6-13,18,32H,4-5,14-17H2,1-3H3,(H,28,33);5-12,17H,3-4,13-16H2,1-2H3,(H,28,32)(H,33,34)/t2*18-;17-/m000/s1. The minimum absolute atomic E-state index is 0.162. The predicted molar refractivity (Wildman–Crippen MR) is 404 cm³/mol. The fourth-order valence-electron chi connectivity index (χ4n) is 13.4. The van der Waals surface area contributed by atoms with Gasteiger partial charge in [-0.1, -0.05) is 109 Å². The maximum atomic E-state index is 13.3. The highest BCUT2D eigenvalue weighted by molar-refractivity contribution is 7.86. The molecule has 0 aliphatic carbocycles. The van der Waals surface area contributed by atoms with Crippen molar-refractivity contribution in [1.82, 2.24) is 45.3 Å². The number of carboxylic acid groups (broad SMARTS) is 2. The first-order valence-corrected chi connectivity index (χ1v) is 37.6. The molecular formula is C80H93FN12O13S. The molecule has 0 bridgehead atoms. The van der Waals surface area contributed by atoms with Crippen molar-refractivity contribution in [2.45, 2.75) is 137 Å². The maximum absolute atomic E-state index is 13.3. The Morgan fingerprint density at radius 2 is 0.757 bits per heavy atom. The lowest BCUT2D eigenvalue weighted by Gasteiger charge is -2.20. The number of hydrogen-bond acceptors (Lipinski definition) is 17. The van der Waals surface area contributed by atoms with E-state index in [1.54, 1.807) is 36.4 Å². The molecule has 564 valence electrons. The Labute approximate surface area is 622 Å². The lowest BCUT2D eigenvalue weighted by molar-refractivity contribution is 0.0598. The summed E-state index contributed by atoms with van der Waals surface area (Å²) in [5, 5.41) is 50.1. The summed E-state index contributed by atoms with van der Waals surface area (Å²) in [6, 6.07) is 43.9. The first-order chi connectivity index (χ1) is 51.3. The number of amides is 3. The third-order valence-electron chi connectivity index (χ3n) is 19.1. The highest BCUT2D eigenvalue weighted by Gasteiger charge is 2.34. The van der Waals surface area contributed by atoms with Crippen molar-refractivity contribution in [2.75, 3.05) is 67.6 Å². The summed E-state index contributed by atoms with van der Waals surface area (Å²) < 4.78 is 49.8. The van der Waals surface area contributed by atoms with Crippen LogP contribution in [0, 0.1) is 20.8 Å². The molecule has 3 atom stereocenters. The van der Waals surface area contributed by atoms with Crippen molar-refractivity contribution in [2.24, 2.45) is 0 Å². The topological polar surface area (TPSA) is 315 Å². The minimum Gasteiger partial charge on any atom is -0.478 e. The summed E-state index contributed by atoms with van der Waals surface area (Å²) in [6.07, 6.45) is 5.25. The second kappa shape index (κ2) is 35.8. The van der Waals surface area contributed by atoms with E-state index in [0.29, 0.717) is 91.3 Å². The number of carbonyl (C=O) groups excluding carboxylic acids is 4. The van der Waals surface area contributed by atoms with Gasteiger partial charge in [0.05, 0.1) is 98.2 Å². The van der Waals surface area contributed by atoms with E-state index in [9.17, 15) is 41.6 Å². The van der Waals surface area contributed by atoms with Crippen molar-refractivity contribution < 1.29 is 65.8 Å². The average molecular weight is 1480 g/mol. The Kier molecular flexibility index (Phi) is 26.3. The molecule has 0 unspecified atom stereocenters. The number of halogens is 1. The lowest BCUT2D eigenvalue weighted by Crippen LogP contribution is -2.29. The van der Waals surface area contributed by atoms with Gasteiger partial charge in [-0.05, 0) is 167 Å². The highest BCUT2D eigenvalue weighted by Crippen LogP contribution is 2.35. The summed E-state index contributed by atoms with van der Waals surface area (Å²) in [5.74, 6) is -0.520. The number of carboxylic acids is 2. The van der Waals surface area contributed by atoms with E-state index >= 15 is 0 Å². The molecule has 6 N–H and O–H groups in total. The van der Waals surface area contributed by atoms with Crippen LogP contribution in [0.25, 0.3) is 0 Å². The molecule has 9 aromatic rings. The molecule has 3 aliphatic rings. The van der Waals surface area contributed by atoms with E-state index in [4.69, 9.17) is 24.2 Å². The van der Waals surface area contributed by atoms with Gasteiger partial charge in [-0.25, -0.2) is 28.4 Å². The molecule has 0 saturated carbocycles. The number of carbonyl (C=O) groups is 6. The van der Waals surface area contributed by atoms with Crippen LogP contribution in [0.1, 0.15) is 187 Å². The number of aliphatic hydroxyl groups excluding tert-OH is 1. The number of aliphatic hydroxyl groups is 1. The van der Waals surface area contributed by atoms with Gasteiger partial charge in [0.2, 0.25) is 0 Å². The number of anilines is 3. The zero-order valence-corrected chi connectivity index (χ0v) is 62.4. The van der Waals surface area contributed by atoms with Gasteiger partial charge >= 0.3 is 17.9 Å². The number of hydrogen-bond donors (Lipinski definition) is 6. The molecule has 0 radical (unpaired) electrons. The number of ether oxygens (including phenoxy) is 1. The highest BCUT2D eigenvalue weighted by atomic mass is 32.2. The second-order valence-electron chi connectivity index (χ2n) is 27.0. The molecule has 0 spiro atoms. The van der Waals surface area contributed by atoms with Crippen LogP contribution in [0.3, 0.4) is 0 Å². The van der Waals surface area contributed by atoms with Gasteiger partial charge in [-0.2, -0.15) is 23.7 Å². The molecule has 12 rings (SSSR count). The van der Waals surface area contributed by atoms with Gasteiger partial charge in [0, 0.05) is 45.9 Å². The number of alkyl halides is 1. The van der Waals surface area contributed by atoms with Gasteiger partial charge in [-0.3, -0.25) is 23.0 Å². The Morgan fingerprint density at radius 1 is 0.458 bits per heavy atom. The van der Waals surface area contributed by atoms with Crippen molar-refractivity contribution in [3.05, 3.63) is 246 Å². The molecule has 107 heavy (non-hydrogen) atoms. The van der Waals surface area contributed by atoms with Crippen LogP contribution < -0.4 is 30.7 Å². The zero-order chi connectivity index (χ0) is 76.6. The summed E-state index contributed by atoms with van der Waals surface area (Å²) in [4.78, 5) is 80.4. The molecule has 6 heterocycles. The lowest BCUT2D eigenvalue weighted by atomic mass is 10.1. The van der Waals surface area contributed by atoms with Gasteiger partial charge in [-0.15, -0.1) is 0 Å². The van der Waals surface area contributed by atoms with Crippen molar-refractivity contribution in [3.8, 4) is 0 Å². The van der Waals surface area contributed by atoms with Crippen molar-refractivity contribution in [3.63, 3.8) is 0 Å². The van der Waals surface area contributed by atoms with Crippen molar-refractivity contribution in [1.29, 1.82) is 0 Å². The van der Waals surface area contributed by atoms with Crippen molar-refractivity contribution >= 4 is 63.2 Å². The Balaban J connectivity index is 0.000000172. The summed E-state index contributed by atoms with van der Waals surface area (Å²) in [7, 11) is -2.07. The molecule has 27 heteroatoms. The molecular weight excluding hydrogens is 1390 g/mol. The van der Waals surface area contributed by atoms with Crippen LogP contribution in [0.2, 0.25) is 0 Å². The molecule has 6 aromatic carbocycles. The van der Waals surface area contributed by atoms with Gasteiger partial charge < -0.3 is 50.7 Å².